The second kappa shape index (κ2) is 13.0. The van der Waals surface area contributed by atoms with E-state index in [4.69, 9.17) is 0 Å². The maximum atomic E-state index is 14.9. The number of hydrogen-bond donors (Lipinski definition) is 0. The normalized spacial score (nSPS) is 12.8. The van der Waals surface area contributed by atoms with Gasteiger partial charge in [0.25, 0.3) is 0 Å². The van der Waals surface area contributed by atoms with Crippen molar-refractivity contribution in [2.45, 2.75) is 116 Å². The quantitative estimate of drug-likeness (QED) is 0.0964. The van der Waals surface area contributed by atoms with Gasteiger partial charge in [0.2, 0.25) is 0 Å². The molecule has 0 atom stereocenters. The average Bonchev–Trinajstić information content (AvgIpc) is 3.35. The summed E-state index contributed by atoms with van der Waals surface area (Å²) in [6.07, 6.45) is 0. The van der Waals surface area contributed by atoms with Crippen LogP contribution < -0.4 is 0 Å². The Kier molecular flexibility index (Phi) is 9.70. The highest BCUT2D eigenvalue weighted by Crippen LogP contribution is 2.43. The first kappa shape index (κ1) is 34.4. The fourth-order valence-electron chi connectivity index (χ4n) is 8.90. The van der Waals surface area contributed by atoms with Crippen molar-refractivity contribution in [2.75, 3.05) is 0 Å². The van der Waals surface area contributed by atoms with Gasteiger partial charge in [-0.1, -0.05) is 119 Å². The summed E-state index contributed by atoms with van der Waals surface area (Å²) in [4.78, 5) is 0. The van der Waals surface area contributed by atoms with Crippen LogP contribution in [-0.2, 0) is 0 Å². The minimum absolute atomic E-state index is 0.156. The second-order valence-corrected chi connectivity index (χ2v) is 27.4. The summed E-state index contributed by atoms with van der Waals surface area (Å²) in [5, 5.41) is 7.67. The van der Waals surface area contributed by atoms with E-state index in [9.17, 15) is 4.39 Å². The molecule has 4 aromatic carbocycles. The van der Waals surface area contributed by atoms with Crippen LogP contribution in [0.5, 0.6) is 0 Å². The van der Waals surface area contributed by atoms with Crippen LogP contribution in [0.1, 0.15) is 94.2 Å². The Morgan fingerprint density at radius 1 is 0.522 bits per heavy atom. The summed E-state index contributed by atoms with van der Waals surface area (Å²) in [7, 11) is -3.93. The van der Waals surface area contributed by atoms with Gasteiger partial charge in [-0.3, -0.25) is 0 Å². The van der Waals surface area contributed by atoms with Crippen molar-refractivity contribution in [3.63, 3.8) is 0 Å². The van der Waals surface area contributed by atoms with E-state index in [2.05, 4.69) is 155 Å². The van der Waals surface area contributed by atoms with Crippen molar-refractivity contribution in [3.05, 3.63) is 70.9 Å². The fraction of sp³-hybridized carbons (Fsp3) is 0.429. The summed E-state index contributed by atoms with van der Waals surface area (Å²) in [5.41, 5.74) is 13.3. The van der Waals surface area contributed by atoms with Crippen molar-refractivity contribution < 1.29 is 4.39 Å². The Labute approximate surface area is 283 Å². The molecule has 0 aliphatic carbocycles. The molecule has 5 aromatic rings. The highest BCUT2D eigenvalue weighted by molar-refractivity contribution is 7.18. The Morgan fingerprint density at radius 3 is 1.63 bits per heavy atom. The molecule has 1 heterocycles. The molecule has 5 rings (SSSR count). The van der Waals surface area contributed by atoms with Gasteiger partial charge in [-0.05, 0) is 95.9 Å². The van der Waals surface area contributed by atoms with Gasteiger partial charge in [-0.15, -0.1) is 22.4 Å². The van der Waals surface area contributed by atoms with Gasteiger partial charge in [0.1, 0.15) is 16.1 Å². The van der Waals surface area contributed by atoms with Gasteiger partial charge in [0.05, 0.1) is 0 Å². The first-order valence-electron chi connectivity index (χ1n) is 17.2. The molecule has 0 bridgehead atoms. The molecular weight excluding hydrogens is 612 g/mol. The lowest BCUT2D eigenvalue weighted by Gasteiger charge is -2.38. The molecule has 0 amide bonds. The van der Waals surface area contributed by atoms with Crippen molar-refractivity contribution >= 4 is 69.9 Å². The van der Waals surface area contributed by atoms with E-state index in [0.29, 0.717) is 33.2 Å². The number of hydrogen-bond acceptors (Lipinski definition) is 1. The lowest BCUT2D eigenvalue weighted by atomic mass is 9.93. The minimum Gasteiger partial charge on any atom is -0.195 e. The van der Waals surface area contributed by atoms with Gasteiger partial charge >= 0.3 is 0 Å². The van der Waals surface area contributed by atoms with Crippen molar-refractivity contribution in [1.82, 2.24) is 0 Å². The van der Waals surface area contributed by atoms with E-state index < -0.39 is 16.1 Å². The molecule has 46 heavy (non-hydrogen) atoms. The van der Waals surface area contributed by atoms with E-state index in [1.807, 2.05) is 0 Å². The van der Waals surface area contributed by atoms with Crippen LogP contribution in [-0.4, -0.2) is 16.1 Å². The van der Waals surface area contributed by atoms with Crippen molar-refractivity contribution in [3.8, 4) is 22.9 Å². The molecule has 0 saturated heterocycles. The topological polar surface area (TPSA) is 0 Å². The van der Waals surface area contributed by atoms with Crippen molar-refractivity contribution in [1.29, 1.82) is 0 Å². The number of thiophene rings is 1. The molecule has 0 unspecified atom stereocenters. The summed E-state index contributed by atoms with van der Waals surface area (Å²) in [6, 6.07) is 19.4. The second-order valence-electron chi connectivity index (χ2n) is 15.3. The van der Waals surface area contributed by atoms with E-state index in [0.717, 1.165) is 37.4 Å². The molecule has 0 aliphatic heterocycles. The van der Waals surface area contributed by atoms with Crippen LogP contribution in [0.25, 0.3) is 42.4 Å². The molecule has 0 nitrogen and oxygen atoms in total. The minimum atomic E-state index is -1.97. The van der Waals surface area contributed by atoms with Crippen molar-refractivity contribution in [2.24, 2.45) is 0 Å². The SMILES string of the molecule is CC(C)[Si](C#Cc1c2ccccc2cc2cc3c(C#C[Si](C(C)C)(C(C)C)C(C)C)cc4cc(F)sc4c3cc12)(C(C)C)C(C)C. The molecular formula is C42H51FSSi2. The van der Waals surface area contributed by atoms with Crippen LogP contribution in [0.3, 0.4) is 0 Å². The molecule has 240 valence electrons. The van der Waals surface area contributed by atoms with Crippen LogP contribution in [0, 0.1) is 28.1 Å². The summed E-state index contributed by atoms with van der Waals surface area (Å²) in [5.74, 6) is 7.59. The van der Waals surface area contributed by atoms with Gasteiger partial charge < -0.3 is 0 Å². The highest BCUT2D eigenvalue weighted by Gasteiger charge is 2.42. The Morgan fingerprint density at radius 2 is 1.07 bits per heavy atom. The first-order valence-corrected chi connectivity index (χ1v) is 22.5. The standard InChI is InChI=1S/C42H51FSSi2/c1-26(2)45(27(3)4,28(5)6)19-17-33-22-35-24-41(43)44-42(35)40-25-39-34(23-38(33)40)21-32-15-13-14-16-36(32)37(39)18-20-46(29(7)8,30(9)10)31(11)12/h13-16,21-31H,1-12H3. The zero-order valence-corrected chi connectivity index (χ0v) is 32.8. The third-order valence-corrected chi connectivity index (χ3v) is 24.7. The van der Waals surface area contributed by atoms with E-state index in [-0.39, 0.29) is 5.13 Å². The first-order chi connectivity index (χ1) is 21.6. The molecule has 0 N–H and O–H groups in total. The Hall–Kier alpha value is -2.90. The maximum absolute atomic E-state index is 14.9. The highest BCUT2D eigenvalue weighted by atomic mass is 32.1. The molecule has 0 spiro atoms. The predicted molar refractivity (Wildman–Crippen MR) is 210 cm³/mol. The lowest BCUT2D eigenvalue weighted by molar-refractivity contribution is 0.658. The third kappa shape index (κ3) is 5.66. The monoisotopic (exact) mass is 662 g/mol. The lowest BCUT2D eigenvalue weighted by Crippen LogP contribution is -2.43. The summed E-state index contributed by atoms with van der Waals surface area (Å²) < 4.78 is 15.9. The number of fused-ring (bicyclic) bond motifs is 5. The molecule has 0 aliphatic rings. The van der Waals surface area contributed by atoms with Gasteiger partial charge in [-0.25, -0.2) is 0 Å². The maximum Gasteiger partial charge on any atom is 0.177 e. The molecule has 0 saturated carbocycles. The Balaban J connectivity index is 1.91. The van der Waals surface area contributed by atoms with Crippen LogP contribution in [0.15, 0.2) is 54.6 Å². The van der Waals surface area contributed by atoms with Gasteiger partial charge in [-0.2, -0.15) is 4.39 Å². The van der Waals surface area contributed by atoms with Gasteiger partial charge in [0, 0.05) is 21.2 Å². The number of rotatable bonds is 6. The number of halogens is 1. The van der Waals surface area contributed by atoms with E-state index in [1.54, 1.807) is 6.07 Å². The smallest absolute Gasteiger partial charge is 0.177 e. The van der Waals surface area contributed by atoms with E-state index in [1.165, 1.54) is 27.5 Å². The fourth-order valence-corrected chi connectivity index (χ4v) is 20.2. The van der Waals surface area contributed by atoms with Crippen LogP contribution in [0.2, 0.25) is 33.2 Å². The molecule has 0 fully saturated rings. The summed E-state index contributed by atoms with van der Waals surface area (Å²) >= 11 is 1.24. The van der Waals surface area contributed by atoms with Crippen LogP contribution in [0.4, 0.5) is 4.39 Å². The average molecular weight is 663 g/mol. The number of benzene rings is 4. The van der Waals surface area contributed by atoms with Gasteiger partial charge in [0.15, 0.2) is 5.13 Å². The largest absolute Gasteiger partial charge is 0.195 e. The predicted octanol–water partition coefficient (Wildman–Crippen LogP) is 13.6. The molecule has 0 radical (unpaired) electrons. The third-order valence-electron chi connectivity index (χ3n) is 11.1. The summed E-state index contributed by atoms with van der Waals surface area (Å²) in [6.45, 7) is 28.3. The zero-order chi connectivity index (χ0) is 33.7. The van der Waals surface area contributed by atoms with E-state index >= 15 is 0 Å². The zero-order valence-electron chi connectivity index (χ0n) is 29.9. The Bertz CT molecular complexity index is 2010. The molecule has 4 heteroatoms. The molecule has 1 aromatic heterocycles. The van der Waals surface area contributed by atoms with Crippen LogP contribution >= 0.6 is 11.3 Å².